The third kappa shape index (κ3) is 6.02. The molecule has 106 valence electrons. The number of hydrogen-bond donors (Lipinski definition) is 0. The fourth-order valence-corrected chi connectivity index (χ4v) is 3.17. The molecular weight excluding hydrogens is 220 g/mol. The molecule has 2 atom stereocenters. The molecule has 0 unspecified atom stereocenters. The van der Waals surface area contributed by atoms with Crippen LogP contribution in [0.3, 0.4) is 0 Å². The minimum Gasteiger partial charge on any atom is -0.299 e. The van der Waals surface area contributed by atoms with Gasteiger partial charge >= 0.3 is 0 Å². The van der Waals surface area contributed by atoms with Crippen molar-refractivity contribution in [3.63, 3.8) is 0 Å². The third-order valence-corrected chi connectivity index (χ3v) is 4.48. The highest BCUT2D eigenvalue weighted by Gasteiger charge is 2.27. The van der Waals surface area contributed by atoms with Gasteiger partial charge < -0.3 is 0 Å². The summed E-state index contributed by atoms with van der Waals surface area (Å²) in [5, 5.41) is 0. The van der Waals surface area contributed by atoms with Gasteiger partial charge in [0.1, 0.15) is 5.78 Å². The zero-order chi connectivity index (χ0) is 13.2. The van der Waals surface area contributed by atoms with Gasteiger partial charge in [-0.05, 0) is 19.3 Å². The molecule has 0 aromatic rings. The number of hydrogen-bond acceptors (Lipinski definition) is 1. The molecule has 1 saturated carbocycles. The first-order chi connectivity index (χ1) is 8.75. The van der Waals surface area contributed by atoms with Crippen LogP contribution >= 0.6 is 0 Å². The maximum atomic E-state index is 12.0. The van der Waals surface area contributed by atoms with Gasteiger partial charge in [-0.2, -0.15) is 0 Å². The second-order valence-corrected chi connectivity index (χ2v) is 6.19. The first-order valence-electron chi connectivity index (χ1n) is 8.29. The predicted molar refractivity (Wildman–Crippen MR) is 78.7 cm³/mol. The van der Waals surface area contributed by atoms with Crippen molar-refractivity contribution in [2.75, 3.05) is 0 Å². The standard InChI is InChI=1S/C17H32O/c1-3-4-5-6-7-8-9-10-13-16-14-11-12-15(2)17(16)18/h15-16H,3-14H2,1-2H3/t15-,16-/m1/s1. The van der Waals surface area contributed by atoms with Crippen LogP contribution in [-0.4, -0.2) is 5.78 Å². The fraction of sp³-hybridized carbons (Fsp3) is 0.941. The molecule has 1 rings (SSSR count). The smallest absolute Gasteiger partial charge is 0.138 e. The molecule has 0 N–H and O–H groups in total. The monoisotopic (exact) mass is 252 g/mol. The second kappa shape index (κ2) is 9.58. The summed E-state index contributed by atoms with van der Waals surface area (Å²) in [6.45, 7) is 4.38. The summed E-state index contributed by atoms with van der Waals surface area (Å²) in [5.74, 6) is 1.32. The molecule has 0 aromatic heterocycles. The van der Waals surface area contributed by atoms with Crippen molar-refractivity contribution in [3.05, 3.63) is 0 Å². The van der Waals surface area contributed by atoms with E-state index in [1.165, 1.54) is 64.2 Å². The summed E-state index contributed by atoms with van der Waals surface area (Å²) in [6.07, 6.45) is 15.7. The largest absolute Gasteiger partial charge is 0.299 e. The topological polar surface area (TPSA) is 17.1 Å². The average molecular weight is 252 g/mol. The number of Topliss-reactive ketones (excluding diaryl/α,β-unsaturated/α-hetero) is 1. The van der Waals surface area contributed by atoms with E-state index >= 15 is 0 Å². The summed E-state index contributed by atoms with van der Waals surface area (Å²) in [7, 11) is 0. The van der Waals surface area contributed by atoms with Crippen LogP contribution in [0.4, 0.5) is 0 Å². The molecular formula is C17H32O. The van der Waals surface area contributed by atoms with Crippen LogP contribution in [0.15, 0.2) is 0 Å². The van der Waals surface area contributed by atoms with Crippen LogP contribution in [0.2, 0.25) is 0 Å². The molecule has 0 radical (unpaired) electrons. The van der Waals surface area contributed by atoms with Crippen molar-refractivity contribution in [2.45, 2.75) is 90.9 Å². The molecule has 0 aliphatic heterocycles. The summed E-state index contributed by atoms with van der Waals surface area (Å²) >= 11 is 0. The fourth-order valence-electron chi connectivity index (χ4n) is 3.17. The third-order valence-electron chi connectivity index (χ3n) is 4.48. The number of carbonyl (C=O) groups excluding carboxylic acids is 1. The molecule has 1 fully saturated rings. The van der Waals surface area contributed by atoms with Crippen LogP contribution in [0.1, 0.15) is 90.9 Å². The van der Waals surface area contributed by atoms with Crippen LogP contribution in [0.5, 0.6) is 0 Å². The Morgan fingerprint density at radius 2 is 1.56 bits per heavy atom. The SMILES string of the molecule is CCCCCCCCCC[C@@H]1CCC[C@@H](C)C1=O. The molecule has 1 nitrogen and oxygen atoms in total. The molecule has 1 aliphatic carbocycles. The molecule has 1 heteroatoms. The van der Waals surface area contributed by atoms with Crippen LogP contribution in [0.25, 0.3) is 0 Å². The van der Waals surface area contributed by atoms with Gasteiger partial charge in [-0.3, -0.25) is 4.79 Å². The lowest BCUT2D eigenvalue weighted by Crippen LogP contribution is -2.26. The Morgan fingerprint density at radius 3 is 2.22 bits per heavy atom. The summed E-state index contributed by atoms with van der Waals surface area (Å²) in [6, 6.07) is 0. The molecule has 0 bridgehead atoms. The first-order valence-corrected chi connectivity index (χ1v) is 8.29. The zero-order valence-electron chi connectivity index (χ0n) is 12.5. The van der Waals surface area contributed by atoms with Crippen molar-refractivity contribution in [1.29, 1.82) is 0 Å². The van der Waals surface area contributed by atoms with Gasteiger partial charge in [-0.15, -0.1) is 0 Å². The number of unbranched alkanes of at least 4 members (excludes halogenated alkanes) is 7. The highest BCUT2D eigenvalue weighted by molar-refractivity contribution is 5.83. The molecule has 0 heterocycles. The molecule has 0 aromatic carbocycles. The lowest BCUT2D eigenvalue weighted by molar-refractivity contribution is -0.128. The maximum absolute atomic E-state index is 12.0. The average Bonchev–Trinajstić information content (AvgIpc) is 2.37. The van der Waals surface area contributed by atoms with Gasteiger partial charge in [-0.25, -0.2) is 0 Å². The van der Waals surface area contributed by atoms with Crippen LogP contribution in [-0.2, 0) is 4.79 Å². The van der Waals surface area contributed by atoms with Crippen LogP contribution < -0.4 is 0 Å². The van der Waals surface area contributed by atoms with E-state index in [1.807, 2.05) is 0 Å². The number of ketones is 1. The van der Waals surface area contributed by atoms with E-state index in [0.717, 1.165) is 12.8 Å². The van der Waals surface area contributed by atoms with E-state index in [-0.39, 0.29) is 0 Å². The van der Waals surface area contributed by atoms with Crippen molar-refractivity contribution in [1.82, 2.24) is 0 Å². The molecule has 0 amide bonds. The quantitative estimate of drug-likeness (QED) is 0.494. The van der Waals surface area contributed by atoms with Crippen molar-refractivity contribution < 1.29 is 4.79 Å². The highest BCUT2D eigenvalue weighted by atomic mass is 16.1. The minimum absolute atomic E-state index is 0.345. The summed E-state index contributed by atoms with van der Waals surface area (Å²) in [4.78, 5) is 12.0. The maximum Gasteiger partial charge on any atom is 0.138 e. The Hall–Kier alpha value is -0.330. The van der Waals surface area contributed by atoms with E-state index in [9.17, 15) is 4.79 Å². The Kier molecular flexibility index (Phi) is 8.37. The normalized spacial score (nSPS) is 24.4. The van der Waals surface area contributed by atoms with Crippen molar-refractivity contribution in [2.24, 2.45) is 11.8 Å². The van der Waals surface area contributed by atoms with E-state index < -0.39 is 0 Å². The first kappa shape index (κ1) is 15.7. The predicted octanol–water partition coefficient (Wildman–Crippen LogP) is 5.52. The van der Waals surface area contributed by atoms with Gasteiger partial charge in [0.2, 0.25) is 0 Å². The van der Waals surface area contributed by atoms with Gasteiger partial charge in [0.15, 0.2) is 0 Å². The minimum atomic E-state index is 0.345. The van der Waals surface area contributed by atoms with Crippen molar-refractivity contribution >= 4 is 5.78 Å². The molecule has 18 heavy (non-hydrogen) atoms. The van der Waals surface area contributed by atoms with Gasteiger partial charge in [0, 0.05) is 11.8 Å². The van der Waals surface area contributed by atoms with Gasteiger partial charge in [0.05, 0.1) is 0 Å². The zero-order valence-corrected chi connectivity index (χ0v) is 12.5. The lowest BCUT2D eigenvalue weighted by Gasteiger charge is -2.25. The number of carbonyl (C=O) groups is 1. The van der Waals surface area contributed by atoms with Crippen LogP contribution in [0, 0.1) is 11.8 Å². The lowest BCUT2D eigenvalue weighted by atomic mass is 9.79. The molecule has 1 aliphatic rings. The van der Waals surface area contributed by atoms with E-state index in [2.05, 4.69) is 13.8 Å². The Bertz CT molecular complexity index is 222. The molecule has 0 saturated heterocycles. The Labute approximate surface area is 114 Å². The van der Waals surface area contributed by atoms with Crippen molar-refractivity contribution in [3.8, 4) is 0 Å². The highest BCUT2D eigenvalue weighted by Crippen LogP contribution is 2.29. The summed E-state index contributed by atoms with van der Waals surface area (Å²) in [5.41, 5.74) is 0. The van der Waals surface area contributed by atoms with Gasteiger partial charge in [-0.1, -0.05) is 71.6 Å². The molecule has 0 spiro atoms. The summed E-state index contributed by atoms with van der Waals surface area (Å²) < 4.78 is 0. The number of rotatable bonds is 9. The Balaban J connectivity index is 1.95. The Morgan fingerprint density at radius 1 is 0.944 bits per heavy atom. The second-order valence-electron chi connectivity index (χ2n) is 6.19. The van der Waals surface area contributed by atoms with E-state index in [0.29, 0.717) is 17.6 Å². The van der Waals surface area contributed by atoms with E-state index in [4.69, 9.17) is 0 Å². The van der Waals surface area contributed by atoms with E-state index in [1.54, 1.807) is 0 Å². The van der Waals surface area contributed by atoms with Gasteiger partial charge in [0.25, 0.3) is 0 Å².